The first-order chi connectivity index (χ1) is 9.50. The molecule has 0 aromatic heterocycles. The largest absolute Gasteiger partial charge is 0.314 e. The molecule has 1 aliphatic rings. The number of nitrogens with one attached hydrogen (secondary N) is 1. The third kappa shape index (κ3) is 2.26. The standard InChI is InChI=1S/C17H25F2N/c1-5-17(6-2)13(10-16(17)20-7-3)12-9-14(18)11(4)8-15(12)19/h8-9,13,16,20H,5-7,10H2,1-4H3. The summed E-state index contributed by atoms with van der Waals surface area (Å²) in [6.45, 7) is 8.93. The molecule has 2 atom stereocenters. The predicted octanol–water partition coefficient (Wildman–Crippen LogP) is 4.55. The van der Waals surface area contributed by atoms with Gasteiger partial charge in [0.2, 0.25) is 0 Å². The summed E-state index contributed by atoms with van der Waals surface area (Å²) in [4.78, 5) is 0. The van der Waals surface area contributed by atoms with Gasteiger partial charge in [-0.15, -0.1) is 0 Å². The summed E-state index contributed by atoms with van der Waals surface area (Å²) < 4.78 is 28.0. The second-order valence-corrected chi connectivity index (χ2v) is 5.96. The zero-order chi connectivity index (χ0) is 14.9. The molecule has 3 heteroatoms. The van der Waals surface area contributed by atoms with Gasteiger partial charge in [-0.05, 0) is 67.3 Å². The summed E-state index contributed by atoms with van der Waals surface area (Å²) in [5.41, 5.74) is 0.997. The maximum atomic E-state index is 14.2. The van der Waals surface area contributed by atoms with Crippen molar-refractivity contribution in [2.24, 2.45) is 5.41 Å². The van der Waals surface area contributed by atoms with E-state index in [9.17, 15) is 8.78 Å². The maximum absolute atomic E-state index is 14.2. The highest BCUT2D eigenvalue weighted by atomic mass is 19.1. The molecule has 20 heavy (non-hydrogen) atoms. The van der Waals surface area contributed by atoms with E-state index in [1.807, 2.05) is 0 Å². The average molecular weight is 281 g/mol. The monoisotopic (exact) mass is 281 g/mol. The first-order valence-corrected chi connectivity index (χ1v) is 7.69. The Bertz CT molecular complexity index is 480. The van der Waals surface area contributed by atoms with Gasteiger partial charge in [-0.2, -0.15) is 0 Å². The van der Waals surface area contributed by atoms with E-state index in [0.29, 0.717) is 17.2 Å². The molecule has 1 saturated carbocycles. The molecule has 1 aliphatic carbocycles. The van der Waals surface area contributed by atoms with Crippen molar-refractivity contribution in [2.45, 2.75) is 58.9 Å². The van der Waals surface area contributed by atoms with Crippen LogP contribution >= 0.6 is 0 Å². The van der Waals surface area contributed by atoms with Gasteiger partial charge in [0.15, 0.2) is 0 Å². The quantitative estimate of drug-likeness (QED) is 0.835. The molecule has 1 nitrogen and oxygen atoms in total. The van der Waals surface area contributed by atoms with Crippen LogP contribution in [0.1, 0.15) is 57.1 Å². The minimum absolute atomic E-state index is 0.0541. The Labute approximate surface area is 120 Å². The van der Waals surface area contributed by atoms with Gasteiger partial charge in [0.1, 0.15) is 11.6 Å². The fourth-order valence-corrected chi connectivity index (χ4v) is 3.92. The van der Waals surface area contributed by atoms with Crippen LogP contribution in [-0.4, -0.2) is 12.6 Å². The molecule has 0 heterocycles. The Morgan fingerprint density at radius 1 is 1.15 bits per heavy atom. The summed E-state index contributed by atoms with van der Waals surface area (Å²) >= 11 is 0. The van der Waals surface area contributed by atoms with Crippen LogP contribution in [0.15, 0.2) is 12.1 Å². The number of hydrogen-bond acceptors (Lipinski definition) is 1. The minimum atomic E-state index is -0.297. The van der Waals surface area contributed by atoms with Gasteiger partial charge in [0.25, 0.3) is 0 Å². The van der Waals surface area contributed by atoms with Crippen LogP contribution in [0, 0.1) is 24.0 Å². The van der Waals surface area contributed by atoms with E-state index in [0.717, 1.165) is 25.8 Å². The molecule has 0 bridgehead atoms. The van der Waals surface area contributed by atoms with Crippen molar-refractivity contribution >= 4 is 0 Å². The number of benzene rings is 1. The predicted molar refractivity (Wildman–Crippen MR) is 78.9 cm³/mol. The third-order valence-corrected chi connectivity index (χ3v) is 5.28. The summed E-state index contributed by atoms with van der Waals surface area (Å²) in [7, 11) is 0. The second kappa shape index (κ2) is 5.80. The molecule has 1 aromatic carbocycles. The van der Waals surface area contributed by atoms with Gasteiger partial charge < -0.3 is 5.32 Å². The highest BCUT2D eigenvalue weighted by Crippen LogP contribution is 2.57. The van der Waals surface area contributed by atoms with E-state index >= 15 is 0 Å². The maximum Gasteiger partial charge on any atom is 0.127 e. The molecule has 1 N–H and O–H groups in total. The van der Waals surface area contributed by atoms with Crippen molar-refractivity contribution in [1.82, 2.24) is 5.32 Å². The van der Waals surface area contributed by atoms with Crippen LogP contribution in [0.4, 0.5) is 8.78 Å². The minimum Gasteiger partial charge on any atom is -0.314 e. The van der Waals surface area contributed by atoms with E-state index in [1.165, 1.54) is 12.1 Å². The van der Waals surface area contributed by atoms with Crippen molar-refractivity contribution in [1.29, 1.82) is 0 Å². The van der Waals surface area contributed by atoms with Crippen LogP contribution < -0.4 is 5.32 Å². The highest BCUT2D eigenvalue weighted by molar-refractivity contribution is 5.33. The lowest BCUT2D eigenvalue weighted by molar-refractivity contribution is 0.0191. The molecule has 112 valence electrons. The normalized spacial score (nSPS) is 24.5. The molecular formula is C17H25F2N. The SMILES string of the molecule is CCNC1CC(c2cc(F)c(C)cc2F)C1(CC)CC. The molecule has 0 saturated heterocycles. The summed E-state index contributed by atoms with van der Waals surface area (Å²) in [5, 5.41) is 3.50. The smallest absolute Gasteiger partial charge is 0.127 e. The number of aryl methyl sites for hydroxylation is 1. The van der Waals surface area contributed by atoms with Crippen molar-refractivity contribution in [3.05, 3.63) is 34.9 Å². The second-order valence-electron chi connectivity index (χ2n) is 5.96. The topological polar surface area (TPSA) is 12.0 Å². The van der Waals surface area contributed by atoms with Gasteiger partial charge >= 0.3 is 0 Å². The molecular weight excluding hydrogens is 256 g/mol. The number of hydrogen-bond donors (Lipinski definition) is 1. The molecule has 2 unspecified atom stereocenters. The van der Waals surface area contributed by atoms with Gasteiger partial charge in [0.05, 0.1) is 0 Å². The lowest BCUT2D eigenvalue weighted by Gasteiger charge is -2.56. The van der Waals surface area contributed by atoms with E-state index in [1.54, 1.807) is 6.92 Å². The Hall–Kier alpha value is -0.960. The van der Waals surface area contributed by atoms with Crippen LogP contribution in [0.5, 0.6) is 0 Å². The number of halogens is 2. The van der Waals surface area contributed by atoms with Crippen LogP contribution in [0.25, 0.3) is 0 Å². The fourth-order valence-electron chi connectivity index (χ4n) is 3.92. The molecule has 0 radical (unpaired) electrons. The van der Waals surface area contributed by atoms with Crippen molar-refractivity contribution in [2.75, 3.05) is 6.54 Å². The number of rotatable bonds is 5. The van der Waals surface area contributed by atoms with Crippen molar-refractivity contribution in [3.8, 4) is 0 Å². The van der Waals surface area contributed by atoms with Gasteiger partial charge in [-0.3, -0.25) is 0 Å². The summed E-state index contributed by atoms with van der Waals surface area (Å²) in [6.07, 6.45) is 2.87. The molecule has 0 spiro atoms. The van der Waals surface area contributed by atoms with Crippen LogP contribution in [-0.2, 0) is 0 Å². The Morgan fingerprint density at radius 2 is 1.80 bits per heavy atom. The Morgan fingerprint density at radius 3 is 2.35 bits per heavy atom. The van der Waals surface area contributed by atoms with Crippen molar-refractivity contribution in [3.63, 3.8) is 0 Å². The van der Waals surface area contributed by atoms with E-state index in [-0.39, 0.29) is 23.0 Å². The lowest BCUT2D eigenvalue weighted by Crippen LogP contribution is -2.58. The highest BCUT2D eigenvalue weighted by Gasteiger charge is 2.53. The van der Waals surface area contributed by atoms with Gasteiger partial charge in [0, 0.05) is 6.04 Å². The lowest BCUT2D eigenvalue weighted by atomic mass is 9.51. The van der Waals surface area contributed by atoms with E-state index < -0.39 is 0 Å². The summed E-state index contributed by atoms with van der Waals surface area (Å²) in [5.74, 6) is -0.429. The summed E-state index contributed by atoms with van der Waals surface area (Å²) in [6, 6.07) is 3.16. The molecule has 1 fully saturated rings. The first-order valence-electron chi connectivity index (χ1n) is 7.69. The van der Waals surface area contributed by atoms with Crippen LogP contribution in [0.2, 0.25) is 0 Å². The third-order valence-electron chi connectivity index (χ3n) is 5.28. The molecule has 2 rings (SSSR count). The fraction of sp³-hybridized carbons (Fsp3) is 0.647. The van der Waals surface area contributed by atoms with Gasteiger partial charge in [-0.25, -0.2) is 8.78 Å². The van der Waals surface area contributed by atoms with Crippen molar-refractivity contribution < 1.29 is 8.78 Å². The van der Waals surface area contributed by atoms with E-state index in [4.69, 9.17) is 0 Å². The van der Waals surface area contributed by atoms with Crippen LogP contribution in [0.3, 0.4) is 0 Å². The average Bonchev–Trinajstić information content (AvgIpc) is 2.41. The Kier molecular flexibility index (Phi) is 4.48. The Balaban J connectivity index is 2.36. The molecule has 0 aliphatic heterocycles. The first kappa shape index (κ1) is 15.4. The molecule has 0 amide bonds. The zero-order valence-corrected chi connectivity index (χ0v) is 12.9. The van der Waals surface area contributed by atoms with Gasteiger partial charge in [-0.1, -0.05) is 20.8 Å². The molecule has 1 aromatic rings. The zero-order valence-electron chi connectivity index (χ0n) is 12.9. The van der Waals surface area contributed by atoms with E-state index in [2.05, 4.69) is 26.1 Å².